The number of benzene rings is 2. The molecule has 0 saturated carbocycles. The molecule has 1 atom stereocenters. The first-order chi connectivity index (χ1) is 12.6. The minimum absolute atomic E-state index is 0. The van der Waals surface area contributed by atoms with E-state index >= 15 is 0 Å². The average molecular weight is 393 g/mol. The average Bonchev–Trinajstić information content (AvgIpc) is 2.54. The second-order valence-electron chi connectivity index (χ2n) is 7.58. The molecule has 0 saturated heterocycles. The Kier molecular flexibility index (Phi) is 9.29. The largest absolute Gasteiger partial charge is 0.491 e. The van der Waals surface area contributed by atoms with E-state index in [1.54, 1.807) is 0 Å². The summed E-state index contributed by atoms with van der Waals surface area (Å²) in [4.78, 5) is 13.1. The Morgan fingerprint density at radius 3 is 2.04 bits per heavy atom. The monoisotopic (exact) mass is 393 g/mol. The van der Waals surface area contributed by atoms with E-state index in [0.29, 0.717) is 0 Å². The van der Waals surface area contributed by atoms with Gasteiger partial charge in [0.1, 0.15) is 11.5 Å². The zero-order chi connectivity index (χ0) is 20.3. The van der Waals surface area contributed by atoms with Crippen molar-refractivity contribution in [2.45, 2.75) is 67.6 Å². The smallest absolute Gasteiger partial charge is 0.186 e. The van der Waals surface area contributed by atoms with Crippen molar-refractivity contribution < 1.29 is 14.3 Å². The van der Waals surface area contributed by atoms with Gasteiger partial charge in [0.25, 0.3) is 0 Å². The Hall–Kier alpha value is -1.26. The van der Waals surface area contributed by atoms with Gasteiger partial charge < -0.3 is 9.47 Å². The van der Waals surface area contributed by atoms with Crippen LogP contribution >= 0.6 is 8.58 Å². The number of rotatable bonds is 7. The summed E-state index contributed by atoms with van der Waals surface area (Å²) in [7, 11) is 0.0128. The van der Waals surface area contributed by atoms with Crippen molar-refractivity contribution in [3.63, 3.8) is 0 Å². The second kappa shape index (κ2) is 10.5. The standard InChI is InChI=1S/C23H31O3P.Li/c1-13(2)25-19-9-10-21(20(12-19)26-14(3)4)27-23(24)22-16(6)11-15(5)17(7)18(22)8;/h9-14,27H,1-8H3;. The molecule has 1 radical (unpaired) electrons. The summed E-state index contributed by atoms with van der Waals surface area (Å²) in [6.45, 7) is 16.2. The zero-order valence-electron chi connectivity index (χ0n) is 18.7. The third-order valence-corrected chi connectivity index (χ3v) is 5.68. The van der Waals surface area contributed by atoms with Crippen LogP contribution in [0.3, 0.4) is 0 Å². The molecule has 0 aromatic heterocycles. The number of aryl methyl sites for hydroxylation is 2. The summed E-state index contributed by atoms with van der Waals surface area (Å²) in [5.74, 6) is 1.49. The van der Waals surface area contributed by atoms with E-state index in [1.807, 2.05) is 59.7 Å². The van der Waals surface area contributed by atoms with Crippen LogP contribution < -0.4 is 14.8 Å². The predicted molar refractivity (Wildman–Crippen MR) is 121 cm³/mol. The van der Waals surface area contributed by atoms with Gasteiger partial charge in [-0.3, -0.25) is 4.79 Å². The van der Waals surface area contributed by atoms with E-state index in [2.05, 4.69) is 19.9 Å². The molecule has 0 aliphatic rings. The number of ether oxygens (including phenoxy) is 2. The van der Waals surface area contributed by atoms with E-state index < -0.39 is 0 Å². The number of hydrogen-bond acceptors (Lipinski definition) is 3. The Morgan fingerprint density at radius 1 is 0.857 bits per heavy atom. The third kappa shape index (κ3) is 6.12. The van der Waals surface area contributed by atoms with Gasteiger partial charge in [-0.2, -0.15) is 0 Å². The Balaban J connectivity index is 0.00000392. The first kappa shape index (κ1) is 24.8. The second-order valence-corrected chi connectivity index (χ2v) is 8.82. The van der Waals surface area contributed by atoms with Gasteiger partial charge in [0.15, 0.2) is 5.52 Å². The molecule has 5 heteroatoms. The van der Waals surface area contributed by atoms with Gasteiger partial charge in [-0.05, 0) is 98.4 Å². The first-order valence-corrected chi connectivity index (χ1v) is 10.5. The number of carbonyl (C=O) groups is 1. The minimum atomic E-state index is 0. The first-order valence-electron chi connectivity index (χ1n) is 9.46. The van der Waals surface area contributed by atoms with E-state index in [9.17, 15) is 4.79 Å². The van der Waals surface area contributed by atoms with E-state index in [-0.39, 0.29) is 45.2 Å². The van der Waals surface area contributed by atoms with E-state index in [4.69, 9.17) is 9.47 Å². The van der Waals surface area contributed by atoms with E-state index in [1.165, 1.54) is 11.1 Å². The van der Waals surface area contributed by atoms with Gasteiger partial charge >= 0.3 is 0 Å². The predicted octanol–water partition coefficient (Wildman–Crippen LogP) is 5.26. The van der Waals surface area contributed by atoms with Gasteiger partial charge in [0, 0.05) is 35.8 Å². The van der Waals surface area contributed by atoms with Crippen LogP contribution in [0.5, 0.6) is 11.5 Å². The summed E-state index contributed by atoms with van der Waals surface area (Å²) in [6.07, 6.45) is 0.121. The Labute approximate surface area is 183 Å². The van der Waals surface area contributed by atoms with Gasteiger partial charge in [-0.1, -0.05) is 6.07 Å². The fraction of sp³-hybridized carbons (Fsp3) is 0.435. The normalized spacial score (nSPS) is 11.2. The van der Waals surface area contributed by atoms with Crippen LogP contribution in [-0.4, -0.2) is 36.6 Å². The molecule has 0 aliphatic heterocycles. The molecule has 0 N–H and O–H groups in total. The molecular formula is C23H31LiO3P. The van der Waals surface area contributed by atoms with Crippen LogP contribution in [0.1, 0.15) is 60.3 Å². The third-order valence-electron chi connectivity index (χ3n) is 4.52. The van der Waals surface area contributed by atoms with Crippen molar-refractivity contribution in [2.75, 3.05) is 0 Å². The summed E-state index contributed by atoms with van der Waals surface area (Å²) < 4.78 is 11.8. The Morgan fingerprint density at radius 2 is 1.46 bits per heavy atom. The summed E-state index contributed by atoms with van der Waals surface area (Å²) in [6, 6.07) is 7.88. The molecule has 2 aromatic rings. The molecule has 2 rings (SSSR count). The molecule has 3 nitrogen and oxygen atoms in total. The fourth-order valence-corrected chi connectivity index (χ4v) is 4.30. The van der Waals surface area contributed by atoms with E-state index in [0.717, 1.165) is 33.5 Å². The van der Waals surface area contributed by atoms with Gasteiger partial charge in [-0.25, -0.2) is 0 Å². The van der Waals surface area contributed by atoms with Crippen LogP contribution in [0.4, 0.5) is 0 Å². The molecule has 0 bridgehead atoms. The van der Waals surface area contributed by atoms with Crippen molar-refractivity contribution in [3.05, 3.63) is 52.1 Å². The van der Waals surface area contributed by atoms with Crippen molar-refractivity contribution in [2.24, 2.45) is 0 Å². The fourth-order valence-electron chi connectivity index (χ4n) is 3.12. The molecule has 0 fully saturated rings. The molecule has 0 heterocycles. The van der Waals surface area contributed by atoms with Crippen molar-refractivity contribution in [1.29, 1.82) is 0 Å². The van der Waals surface area contributed by atoms with Crippen LogP contribution in [0.2, 0.25) is 0 Å². The minimum Gasteiger partial charge on any atom is -0.491 e. The maximum atomic E-state index is 13.1. The molecule has 0 aliphatic carbocycles. The number of carbonyl (C=O) groups excluding carboxylic acids is 1. The molecule has 0 spiro atoms. The summed E-state index contributed by atoms with van der Waals surface area (Å²) in [5, 5.41) is 0.918. The summed E-state index contributed by atoms with van der Waals surface area (Å²) >= 11 is 0. The van der Waals surface area contributed by atoms with Crippen molar-refractivity contribution in [3.8, 4) is 11.5 Å². The zero-order valence-corrected chi connectivity index (χ0v) is 19.7. The van der Waals surface area contributed by atoms with Crippen molar-refractivity contribution >= 4 is 38.3 Å². The molecule has 2 aromatic carbocycles. The number of hydrogen-bond donors (Lipinski definition) is 0. The van der Waals surface area contributed by atoms with Crippen LogP contribution in [0.15, 0.2) is 24.3 Å². The van der Waals surface area contributed by atoms with Gasteiger partial charge in [-0.15, -0.1) is 0 Å². The molecular weight excluding hydrogens is 362 g/mol. The van der Waals surface area contributed by atoms with Gasteiger partial charge in [0.05, 0.1) is 12.2 Å². The maximum Gasteiger partial charge on any atom is 0.186 e. The molecule has 1 unspecified atom stereocenters. The van der Waals surface area contributed by atoms with Gasteiger partial charge in [0.2, 0.25) is 0 Å². The topological polar surface area (TPSA) is 35.5 Å². The quantitative estimate of drug-likeness (QED) is 0.476. The van der Waals surface area contributed by atoms with Crippen LogP contribution in [0.25, 0.3) is 0 Å². The molecule has 0 amide bonds. The van der Waals surface area contributed by atoms with Crippen LogP contribution in [-0.2, 0) is 0 Å². The SMILES string of the molecule is Cc1cc(C)c(C(=O)Pc2ccc(OC(C)C)cc2OC(C)C)c(C)c1C.[Li]. The van der Waals surface area contributed by atoms with Crippen molar-refractivity contribution in [1.82, 2.24) is 0 Å². The maximum absolute atomic E-state index is 13.1. The molecule has 147 valence electrons. The Bertz CT molecular complexity index is 844. The van der Waals surface area contributed by atoms with Crippen LogP contribution in [0, 0.1) is 27.7 Å². The summed E-state index contributed by atoms with van der Waals surface area (Å²) in [5.41, 5.74) is 5.53. The molecule has 28 heavy (non-hydrogen) atoms.